The maximum absolute atomic E-state index is 12.6. The molecular weight excluding hydrogens is 404 g/mol. The standard InChI is InChI=1S/C22H26N2O7/c1-5-13(2)19(22(28)29-4)23-17(25)12-31-21(27)15-9-6-8-14(3)18(15)24-20(26)16-10-7-11-30-16/h6-11,13,19H,5,12H2,1-4H3,(H,23,25)(H,24,26). The van der Waals surface area contributed by atoms with Crippen molar-refractivity contribution >= 4 is 29.4 Å². The number of carbonyl (C=O) groups excluding carboxylic acids is 4. The first-order valence-corrected chi connectivity index (χ1v) is 9.77. The van der Waals surface area contributed by atoms with Crippen LogP contribution in [0, 0.1) is 12.8 Å². The monoisotopic (exact) mass is 430 g/mol. The number of methoxy groups -OCH3 is 1. The van der Waals surface area contributed by atoms with Gasteiger partial charge in [-0.3, -0.25) is 9.59 Å². The highest BCUT2D eigenvalue weighted by molar-refractivity contribution is 6.07. The van der Waals surface area contributed by atoms with Crippen molar-refractivity contribution in [2.45, 2.75) is 33.2 Å². The minimum atomic E-state index is -0.844. The molecular formula is C22H26N2O7. The van der Waals surface area contributed by atoms with Crippen LogP contribution in [0.5, 0.6) is 0 Å². The van der Waals surface area contributed by atoms with Gasteiger partial charge in [-0.05, 0) is 36.6 Å². The number of benzene rings is 1. The second kappa shape index (κ2) is 11.0. The van der Waals surface area contributed by atoms with Crippen molar-refractivity contribution < 1.29 is 33.1 Å². The number of furan rings is 1. The summed E-state index contributed by atoms with van der Waals surface area (Å²) in [4.78, 5) is 49.0. The van der Waals surface area contributed by atoms with Crippen LogP contribution in [0.25, 0.3) is 0 Å². The molecule has 9 heteroatoms. The molecule has 1 aromatic heterocycles. The fourth-order valence-corrected chi connectivity index (χ4v) is 2.81. The van der Waals surface area contributed by atoms with Crippen molar-refractivity contribution in [1.29, 1.82) is 0 Å². The van der Waals surface area contributed by atoms with Crippen molar-refractivity contribution in [2.75, 3.05) is 19.0 Å². The fourth-order valence-electron chi connectivity index (χ4n) is 2.81. The van der Waals surface area contributed by atoms with Crippen molar-refractivity contribution in [3.05, 3.63) is 53.5 Å². The van der Waals surface area contributed by atoms with Crippen LogP contribution in [-0.4, -0.2) is 43.5 Å². The number of hydrogen-bond acceptors (Lipinski definition) is 7. The third-order valence-electron chi connectivity index (χ3n) is 4.80. The van der Waals surface area contributed by atoms with Crippen LogP contribution in [0.3, 0.4) is 0 Å². The lowest BCUT2D eigenvalue weighted by Crippen LogP contribution is -2.47. The third kappa shape index (κ3) is 6.18. The second-order valence-electron chi connectivity index (χ2n) is 6.96. The van der Waals surface area contributed by atoms with Gasteiger partial charge in [-0.15, -0.1) is 0 Å². The van der Waals surface area contributed by atoms with Crippen molar-refractivity contribution in [1.82, 2.24) is 5.32 Å². The first-order valence-electron chi connectivity index (χ1n) is 9.77. The van der Waals surface area contributed by atoms with Crippen LogP contribution < -0.4 is 10.6 Å². The molecule has 1 heterocycles. The minimum Gasteiger partial charge on any atom is -0.467 e. The Labute approximate surface area is 180 Å². The van der Waals surface area contributed by atoms with Crippen molar-refractivity contribution in [3.8, 4) is 0 Å². The molecule has 0 saturated heterocycles. The number of carbonyl (C=O) groups is 4. The minimum absolute atomic E-state index is 0.0825. The molecule has 0 bridgehead atoms. The summed E-state index contributed by atoms with van der Waals surface area (Å²) in [6.07, 6.45) is 2.00. The van der Waals surface area contributed by atoms with Gasteiger partial charge < -0.3 is 24.5 Å². The number of esters is 2. The SMILES string of the molecule is CCC(C)C(NC(=O)COC(=O)c1cccc(C)c1NC(=O)c1ccco1)C(=O)OC. The maximum Gasteiger partial charge on any atom is 0.340 e. The van der Waals surface area contributed by atoms with Crippen LogP contribution >= 0.6 is 0 Å². The van der Waals surface area contributed by atoms with E-state index < -0.39 is 36.4 Å². The molecule has 2 amide bonds. The molecule has 0 aliphatic heterocycles. The van der Waals surface area contributed by atoms with Crippen LogP contribution in [0.15, 0.2) is 41.0 Å². The zero-order chi connectivity index (χ0) is 23.0. The van der Waals surface area contributed by atoms with Crippen molar-refractivity contribution in [3.63, 3.8) is 0 Å². The molecule has 2 unspecified atom stereocenters. The number of nitrogens with one attached hydrogen (secondary N) is 2. The summed E-state index contributed by atoms with van der Waals surface area (Å²) < 4.78 is 14.9. The first-order chi connectivity index (χ1) is 14.8. The first kappa shape index (κ1) is 23.7. The highest BCUT2D eigenvalue weighted by atomic mass is 16.5. The van der Waals surface area contributed by atoms with Crippen LogP contribution in [0.4, 0.5) is 5.69 Å². The fraction of sp³-hybridized carbons (Fsp3) is 0.364. The van der Waals surface area contributed by atoms with Gasteiger partial charge in [0.25, 0.3) is 11.8 Å². The lowest BCUT2D eigenvalue weighted by molar-refractivity contribution is -0.147. The number of para-hydroxylation sites is 1. The molecule has 0 aliphatic rings. The van der Waals surface area contributed by atoms with Gasteiger partial charge in [-0.1, -0.05) is 32.4 Å². The number of ether oxygens (including phenoxy) is 2. The maximum atomic E-state index is 12.6. The van der Waals surface area contributed by atoms with E-state index in [0.29, 0.717) is 12.0 Å². The summed E-state index contributed by atoms with van der Waals surface area (Å²) in [7, 11) is 1.24. The number of anilines is 1. The van der Waals surface area contributed by atoms with E-state index in [4.69, 9.17) is 13.9 Å². The van der Waals surface area contributed by atoms with E-state index >= 15 is 0 Å². The molecule has 0 fully saturated rings. The number of amides is 2. The average Bonchev–Trinajstić information content (AvgIpc) is 3.31. The lowest BCUT2D eigenvalue weighted by atomic mass is 9.99. The Balaban J connectivity index is 2.07. The zero-order valence-corrected chi connectivity index (χ0v) is 17.9. The average molecular weight is 430 g/mol. The van der Waals surface area contributed by atoms with Gasteiger partial charge in [0.15, 0.2) is 12.4 Å². The summed E-state index contributed by atoms with van der Waals surface area (Å²) in [5.74, 6) is -2.62. The van der Waals surface area contributed by atoms with E-state index in [2.05, 4.69) is 10.6 Å². The van der Waals surface area contributed by atoms with Gasteiger partial charge in [0.05, 0.1) is 24.6 Å². The summed E-state index contributed by atoms with van der Waals surface area (Å²) in [6.45, 7) is 4.80. The quantitative estimate of drug-likeness (QED) is 0.586. The lowest BCUT2D eigenvalue weighted by Gasteiger charge is -2.21. The van der Waals surface area contributed by atoms with Gasteiger partial charge in [0.2, 0.25) is 0 Å². The Kier molecular flexibility index (Phi) is 8.36. The number of hydrogen-bond donors (Lipinski definition) is 2. The summed E-state index contributed by atoms with van der Waals surface area (Å²) in [5.41, 5.74) is 0.960. The molecule has 2 rings (SSSR count). The number of aryl methyl sites for hydroxylation is 1. The van der Waals surface area contributed by atoms with Gasteiger partial charge in [0.1, 0.15) is 6.04 Å². The number of rotatable bonds is 9. The van der Waals surface area contributed by atoms with Crippen molar-refractivity contribution in [2.24, 2.45) is 5.92 Å². The van der Waals surface area contributed by atoms with E-state index in [-0.39, 0.29) is 22.9 Å². The Morgan fingerprint density at radius 2 is 1.87 bits per heavy atom. The largest absolute Gasteiger partial charge is 0.467 e. The molecule has 9 nitrogen and oxygen atoms in total. The second-order valence-corrected chi connectivity index (χ2v) is 6.96. The summed E-state index contributed by atoms with van der Waals surface area (Å²) >= 11 is 0. The Hall–Kier alpha value is -3.62. The molecule has 31 heavy (non-hydrogen) atoms. The predicted octanol–water partition coefficient (Wildman–Crippen LogP) is 2.70. The van der Waals surface area contributed by atoms with E-state index in [1.165, 1.54) is 25.5 Å². The summed E-state index contributed by atoms with van der Waals surface area (Å²) in [5, 5.41) is 5.16. The van der Waals surface area contributed by atoms with E-state index in [0.717, 1.165) is 0 Å². The van der Waals surface area contributed by atoms with Crippen LogP contribution in [0.1, 0.15) is 46.7 Å². The van der Waals surface area contributed by atoms with Gasteiger partial charge in [0, 0.05) is 0 Å². The molecule has 2 aromatic rings. The Morgan fingerprint density at radius 1 is 1.13 bits per heavy atom. The highest BCUT2D eigenvalue weighted by Gasteiger charge is 2.27. The molecule has 0 aliphatic carbocycles. The van der Waals surface area contributed by atoms with Crippen LogP contribution in [0.2, 0.25) is 0 Å². The molecule has 2 N–H and O–H groups in total. The normalized spacial score (nSPS) is 12.4. The molecule has 166 valence electrons. The molecule has 1 aromatic carbocycles. The van der Waals surface area contributed by atoms with Crippen LogP contribution in [-0.2, 0) is 19.1 Å². The smallest absolute Gasteiger partial charge is 0.340 e. The molecule has 2 atom stereocenters. The van der Waals surface area contributed by atoms with Gasteiger partial charge in [-0.25, -0.2) is 9.59 Å². The van der Waals surface area contributed by atoms with E-state index in [1.807, 2.05) is 6.92 Å². The van der Waals surface area contributed by atoms with E-state index in [1.54, 1.807) is 32.0 Å². The summed E-state index contributed by atoms with van der Waals surface area (Å²) in [6, 6.07) is 7.04. The third-order valence-corrected chi connectivity index (χ3v) is 4.80. The van der Waals surface area contributed by atoms with Gasteiger partial charge >= 0.3 is 11.9 Å². The Morgan fingerprint density at radius 3 is 2.48 bits per heavy atom. The molecule has 0 radical (unpaired) electrons. The Bertz CT molecular complexity index is 937. The topological polar surface area (TPSA) is 124 Å². The zero-order valence-electron chi connectivity index (χ0n) is 17.9. The molecule has 0 spiro atoms. The van der Waals surface area contributed by atoms with E-state index in [9.17, 15) is 19.2 Å². The predicted molar refractivity (Wildman–Crippen MR) is 112 cm³/mol. The highest BCUT2D eigenvalue weighted by Crippen LogP contribution is 2.22. The molecule has 0 saturated carbocycles. The van der Waals surface area contributed by atoms with Gasteiger partial charge in [-0.2, -0.15) is 0 Å².